The molecule has 0 aromatic heterocycles. The molecule has 3 saturated heterocycles. The first-order valence-corrected chi connectivity index (χ1v) is 13.5. The minimum Gasteiger partial charge on any atom is -0.466 e. The highest BCUT2D eigenvalue weighted by molar-refractivity contribution is 9.09. The van der Waals surface area contributed by atoms with Gasteiger partial charge in [0.1, 0.15) is 11.6 Å². The number of halogens is 1. The van der Waals surface area contributed by atoms with E-state index in [-0.39, 0.29) is 17.3 Å². The Bertz CT molecular complexity index is 1200. The maximum absolute atomic E-state index is 14.2. The van der Waals surface area contributed by atoms with Crippen LogP contribution >= 0.6 is 15.9 Å². The number of amides is 2. The van der Waals surface area contributed by atoms with Crippen molar-refractivity contribution < 1.29 is 29.0 Å². The molecule has 9 heteroatoms. The molecule has 37 heavy (non-hydrogen) atoms. The predicted octanol–water partition coefficient (Wildman–Crippen LogP) is 3.29. The maximum Gasteiger partial charge on any atom is 0.312 e. The molecule has 1 spiro atoms. The number of aliphatic hydroxyl groups is 1. The molecule has 2 aromatic rings. The Morgan fingerprint density at radius 2 is 1.86 bits per heavy atom. The number of nitrogens with zero attached hydrogens (tertiary/aromatic N) is 1. The molecule has 8 nitrogen and oxygen atoms in total. The third-order valence-corrected chi connectivity index (χ3v) is 8.80. The van der Waals surface area contributed by atoms with E-state index in [9.17, 15) is 19.5 Å². The zero-order chi connectivity index (χ0) is 26.5. The lowest BCUT2D eigenvalue weighted by molar-refractivity contribution is -0.155. The van der Waals surface area contributed by atoms with Gasteiger partial charge in [0.2, 0.25) is 11.8 Å². The number of rotatable bonds is 7. The summed E-state index contributed by atoms with van der Waals surface area (Å²) in [5.74, 6) is -3.04. The fraction of sp³-hybridized carbons (Fsp3) is 0.464. The van der Waals surface area contributed by atoms with E-state index in [2.05, 4.69) is 21.2 Å². The van der Waals surface area contributed by atoms with E-state index in [0.717, 1.165) is 11.1 Å². The van der Waals surface area contributed by atoms with Crippen LogP contribution in [0.5, 0.6) is 0 Å². The predicted molar refractivity (Wildman–Crippen MR) is 140 cm³/mol. The summed E-state index contributed by atoms with van der Waals surface area (Å²) in [6.45, 7) is 5.31. The number of fused-ring (bicyclic) bond motifs is 1. The van der Waals surface area contributed by atoms with Crippen LogP contribution in [-0.4, -0.2) is 63.6 Å². The van der Waals surface area contributed by atoms with Crippen LogP contribution < -0.4 is 5.32 Å². The minimum atomic E-state index is -1.24. The fourth-order valence-electron chi connectivity index (χ4n) is 6.44. The number of aliphatic hydroxyl groups excluding tert-OH is 1. The van der Waals surface area contributed by atoms with Gasteiger partial charge in [-0.15, -0.1) is 0 Å². The Labute approximate surface area is 224 Å². The Morgan fingerprint density at radius 3 is 2.49 bits per heavy atom. The van der Waals surface area contributed by atoms with Gasteiger partial charge in [0, 0.05) is 10.5 Å². The van der Waals surface area contributed by atoms with Crippen molar-refractivity contribution >= 4 is 39.4 Å². The molecule has 0 aliphatic carbocycles. The molecule has 2 amide bonds. The summed E-state index contributed by atoms with van der Waals surface area (Å²) in [6, 6.07) is 13.0. The van der Waals surface area contributed by atoms with Crippen LogP contribution in [-0.2, 0) is 23.9 Å². The molecule has 3 heterocycles. The van der Waals surface area contributed by atoms with Gasteiger partial charge in [0.05, 0.1) is 37.2 Å². The highest BCUT2D eigenvalue weighted by Gasteiger charge is 2.77. The van der Waals surface area contributed by atoms with E-state index in [1.54, 1.807) is 6.92 Å². The molecule has 2 N–H and O–H groups in total. The first kappa shape index (κ1) is 25.9. The number of anilines is 1. The Balaban J connectivity index is 1.63. The van der Waals surface area contributed by atoms with Crippen molar-refractivity contribution in [1.82, 2.24) is 4.90 Å². The number of ether oxygens (including phenoxy) is 2. The van der Waals surface area contributed by atoms with Crippen molar-refractivity contribution in [2.24, 2.45) is 11.8 Å². The van der Waals surface area contributed by atoms with Crippen molar-refractivity contribution in [3.05, 3.63) is 65.2 Å². The highest BCUT2D eigenvalue weighted by Crippen LogP contribution is 2.61. The quantitative estimate of drug-likeness (QED) is 0.391. The van der Waals surface area contributed by atoms with Gasteiger partial charge in [-0.2, -0.15) is 0 Å². The van der Waals surface area contributed by atoms with Gasteiger partial charge in [0.25, 0.3) is 0 Å². The number of para-hydroxylation sites is 1. The summed E-state index contributed by atoms with van der Waals surface area (Å²) in [6.07, 6.45) is -0.215. The van der Waals surface area contributed by atoms with Crippen molar-refractivity contribution in [2.45, 2.75) is 55.8 Å². The second kappa shape index (κ2) is 9.85. The molecular formula is C28H31BrN2O6. The van der Waals surface area contributed by atoms with Gasteiger partial charge >= 0.3 is 5.97 Å². The van der Waals surface area contributed by atoms with Crippen molar-refractivity contribution in [2.75, 3.05) is 18.5 Å². The first-order chi connectivity index (χ1) is 17.7. The lowest BCUT2D eigenvalue weighted by atomic mass is 9.70. The zero-order valence-electron chi connectivity index (χ0n) is 21.0. The number of likely N-dealkylation sites (tertiary alicyclic amines) is 1. The maximum atomic E-state index is 14.2. The average molecular weight is 571 g/mol. The normalized spacial score (nSPS) is 30.8. The first-order valence-electron chi connectivity index (χ1n) is 12.6. The van der Waals surface area contributed by atoms with Crippen molar-refractivity contribution in [1.29, 1.82) is 0 Å². The van der Waals surface area contributed by atoms with Crippen LogP contribution in [0.4, 0.5) is 5.69 Å². The average Bonchev–Trinajstić information content (AvgIpc) is 3.46. The van der Waals surface area contributed by atoms with E-state index in [0.29, 0.717) is 17.7 Å². The SMILES string of the molecule is CCOC(=O)[C@H]1[C@@H]2OC3(CC2Br)C(C(=O)Nc2c(C)cccc2C)N([C@H](CO)c2ccccc2)C(=O)[C@H]13. The van der Waals surface area contributed by atoms with Gasteiger partial charge in [-0.1, -0.05) is 64.5 Å². The molecular weight excluding hydrogens is 540 g/mol. The molecule has 0 radical (unpaired) electrons. The number of benzene rings is 2. The van der Waals surface area contributed by atoms with Crippen LogP contribution in [0.25, 0.3) is 0 Å². The Morgan fingerprint density at radius 1 is 1.19 bits per heavy atom. The zero-order valence-corrected chi connectivity index (χ0v) is 22.6. The second-order valence-corrected chi connectivity index (χ2v) is 11.2. The summed E-state index contributed by atoms with van der Waals surface area (Å²) in [5.41, 5.74) is 1.90. The fourth-order valence-corrected chi connectivity index (χ4v) is 7.39. The monoisotopic (exact) mass is 570 g/mol. The largest absolute Gasteiger partial charge is 0.466 e. The highest BCUT2D eigenvalue weighted by atomic mass is 79.9. The number of esters is 1. The summed E-state index contributed by atoms with van der Waals surface area (Å²) in [4.78, 5) is 42.7. The molecule has 2 bridgehead atoms. The lowest BCUT2D eigenvalue weighted by Gasteiger charge is -2.37. The minimum absolute atomic E-state index is 0.173. The molecule has 3 unspecified atom stereocenters. The van der Waals surface area contributed by atoms with Crippen molar-refractivity contribution in [3.63, 3.8) is 0 Å². The summed E-state index contributed by atoms with van der Waals surface area (Å²) in [7, 11) is 0. The third-order valence-electron chi connectivity index (χ3n) is 7.96. The van der Waals surface area contributed by atoms with Crippen LogP contribution in [0.1, 0.15) is 36.1 Å². The molecule has 3 aliphatic rings. The standard InChI is InChI=1S/C28H31BrN2O6/c1-4-36-27(35)20-21-26(34)31(19(14-32)17-11-6-5-7-12-17)24(28(21)13-18(29)23(20)37-28)25(33)30-22-15(2)9-8-10-16(22)3/h5-12,18-21,23-24,32H,4,13-14H2,1-3H3,(H,30,33)/t18?,19-,20-,21+,23-,24?,28?/m1/s1. The molecule has 0 saturated carbocycles. The Hall–Kier alpha value is -2.75. The molecule has 3 aliphatic heterocycles. The van der Waals surface area contributed by atoms with E-state index in [1.807, 2.05) is 62.4 Å². The molecule has 2 aromatic carbocycles. The number of aryl methyl sites for hydroxylation is 2. The van der Waals surface area contributed by atoms with Gasteiger partial charge in [-0.25, -0.2) is 0 Å². The lowest BCUT2D eigenvalue weighted by Crippen LogP contribution is -2.55. The smallest absolute Gasteiger partial charge is 0.312 e. The third kappa shape index (κ3) is 3.99. The number of hydrogen-bond donors (Lipinski definition) is 2. The number of hydrogen-bond acceptors (Lipinski definition) is 6. The van der Waals surface area contributed by atoms with Gasteiger partial charge < -0.3 is 24.8 Å². The number of nitrogens with one attached hydrogen (secondary N) is 1. The topological polar surface area (TPSA) is 105 Å². The van der Waals surface area contributed by atoms with E-state index in [4.69, 9.17) is 9.47 Å². The second-order valence-electron chi connectivity index (χ2n) is 10.0. The van der Waals surface area contributed by atoms with E-state index in [1.165, 1.54) is 4.90 Å². The van der Waals surface area contributed by atoms with Crippen LogP contribution in [0, 0.1) is 25.7 Å². The van der Waals surface area contributed by atoms with Gasteiger partial charge in [-0.05, 0) is 43.9 Å². The molecule has 3 fully saturated rings. The number of carbonyl (C=O) groups excluding carboxylic acids is 3. The van der Waals surface area contributed by atoms with Crippen LogP contribution in [0.3, 0.4) is 0 Å². The molecule has 5 rings (SSSR count). The van der Waals surface area contributed by atoms with Gasteiger partial charge in [0.15, 0.2) is 0 Å². The van der Waals surface area contributed by atoms with Crippen LogP contribution in [0.15, 0.2) is 48.5 Å². The van der Waals surface area contributed by atoms with Crippen molar-refractivity contribution in [3.8, 4) is 0 Å². The molecule has 7 atom stereocenters. The summed E-state index contributed by atoms with van der Waals surface area (Å²) < 4.78 is 11.8. The summed E-state index contributed by atoms with van der Waals surface area (Å²) in [5, 5.41) is 13.6. The summed E-state index contributed by atoms with van der Waals surface area (Å²) >= 11 is 3.65. The van der Waals surface area contributed by atoms with Gasteiger partial charge in [-0.3, -0.25) is 14.4 Å². The van der Waals surface area contributed by atoms with Crippen LogP contribution in [0.2, 0.25) is 0 Å². The Kier molecular flexibility index (Phi) is 6.89. The van der Waals surface area contributed by atoms with E-state index < -0.39 is 54.1 Å². The van der Waals surface area contributed by atoms with E-state index >= 15 is 0 Å². The number of carbonyl (C=O) groups is 3. The molecule has 196 valence electrons. The number of alkyl halides is 1.